The zero-order valence-corrected chi connectivity index (χ0v) is 23.1. The Kier molecular flexibility index (Phi) is 7.03. The van der Waals surface area contributed by atoms with E-state index in [0.29, 0.717) is 16.5 Å². The van der Waals surface area contributed by atoms with Crippen LogP contribution in [0.1, 0.15) is 30.5 Å². The standard InChI is InChI=1S/C31H28N2O6S/c1-4-38-28(34)30(3,33-40(36,37)24-19-17-21(2)18-20-24)31(26-16-10-14-22-11-8-9-15-25(22)26)29(35)39-27(32-31)23-12-6-5-7-13-23/h5-20,33H,4H2,1-3H3. The highest BCUT2D eigenvalue weighted by Crippen LogP contribution is 2.46. The summed E-state index contributed by atoms with van der Waals surface area (Å²) in [5.41, 5.74) is -2.79. The molecule has 2 unspecified atom stereocenters. The first kappa shape index (κ1) is 27.2. The Labute approximate surface area is 232 Å². The van der Waals surface area contributed by atoms with Crippen molar-refractivity contribution in [1.29, 1.82) is 0 Å². The van der Waals surface area contributed by atoms with Crippen LogP contribution in [0.25, 0.3) is 10.8 Å². The van der Waals surface area contributed by atoms with Crippen LogP contribution in [0, 0.1) is 6.92 Å². The Morgan fingerprint density at radius 1 is 0.950 bits per heavy atom. The van der Waals surface area contributed by atoms with Gasteiger partial charge in [0, 0.05) is 11.1 Å². The highest BCUT2D eigenvalue weighted by atomic mass is 32.2. The van der Waals surface area contributed by atoms with Gasteiger partial charge in [-0.05, 0) is 55.8 Å². The van der Waals surface area contributed by atoms with Crippen LogP contribution in [-0.4, -0.2) is 38.4 Å². The van der Waals surface area contributed by atoms with Crippen molar-refractivity contribution >= 4 is 38.6 Å². The maximum absolute atomic E-state index is 14.2. The summed E-state index contributed by atoms with van der Waals surface area (Å²) in [6, 6.07) is 27.4. The van der Waals surface area contributed by atoms with E-state index in [2.05, 4.69) is 4.72 Å². The van der Waals surface area contributed by atoms with Crippen LogP contribution < -0.4 is 4.72 Å². The summed E-state index contributed by atoms with van der Waals surface area (Å²) in [6.07, 6.45) is 0. The molecule has 40 heavy (non-hydrogen) atoms. The first-order valence-electron chi connectivity index (χ1n) is 12.8. The SMILES string of the molecule is CCOC(=O)C(C)(NS(=O)(=O)c1ccc(C)cc1)C1(c2cccc3ccccc23)N=C(c2ccccc2)OC1=O. The lowest BCUT2D eigenvalue weighted by Gasteiger charge is -2.40. The minimum absolute atomic E-state index is 0.0383. The van der Waals surface area contributed by atoms with Crippen LogP contribution in [0.4, 0.5) is 0 Å². The molecule has 1 heterocycles. The van der Waals surface area contributed by atoms with Gasteiger partial charge in [-0.1, -0.05) is 78.4 Å². The number of esters is 2. The van der Waals surface area contributed by atoms with Gasteiger partial charge < -0.3 is 9.47 Å². The quantitative estimate of drug-likeness (QED) is 0.317. The van der Waals surface area contributed by atoms with Crippen molar-refractivity contribution in [2.45, 2.75) is 36.7 Å². The molecular weight excluding hydrogens is 528 g/mol. The van der Waals surface area contributed by atoms with E-state index in [1.165, 1.54) is 19.1 Å². The first-order chi connectivity index (χ1) is 19.1. The minimum Gasteiger partial charge on any atom is -0.465 e. The molecule has 0 bridgehead atoms. The van der Waals surface area contributed by atoms with Crippen molar-refractivity contribution in [2.24, 2.45) is 4.99 Å². The van der Waals surface area contributed by atoms with E-state index in [1.807, 2.05) is 25.1 Å². The Bertz CT molecular complexity index is 1730. The molecule has 4 aromatic rings. The molecule has 1 aliphatic heterocycles. The number of aryl methyl sites for hydroxylation is 1. The fourth-order valence-electron chi connectivity index (χ4n) is 4.97. The van der Waals surface area contributed by atoms with E-state index in [4.69, 9.17) is 14.5 Å². The van der Waals surface area contributed by atoms with Crippen molar-refractivity contribution in [1.82, 2.24) is 4.72 Å². The number of hydrogen-bond donors (Lipinski definition) is 1. The van der Waals surface area contributed by atoms with Gasteiger partial charge in [0.2, 0.25) is 21.5 Å². The molecule has 0 aliphatic carbocycles. The molecule has 204 valence electrons. The largest absolute Gasteiger partial charge is 0.465 e. The molecule has 0 saturated carbocycles. The number of fused-ring (bicyclic) bond motifs is 1. The third-order valence-electron chi connectivity index (χ3n) is 7.03. The fraction of sp³-hybridized carbons (Fsp3) is 0.194. The van der Waals surface area contributed by atoms with Gasteiger partial charge in [-0.2, -0.15) is 4.72 Å². The predicted octanol–water partition coefficient (Wildman–Crippen LogP) is 4.65. The molecule has 5 rings (SSSR count). The lowest BCUT2D eigenvalue weighted by atomic mass is 9.72. The number of hydrogen-bond acceptors (Lipinski definition) is 7. The summed E-state index contributed by atoms with van der Waals surface area (Å²) < 4.78 is 41.3. The van der Waals surface area contributed by atoms with E-state index in [1.54, 1.807) is 73.7 Å². The lowest BCUT2D eigenvalue weighted by Crippen LogP contribution is -2.67. The second-order valence-corrected chi connectivity index (χ2v) is 11.4. The zero-order chi connectivity index (χ0) is 28.5. The van der Waals surface area contributed by atoms with Gasteiger partial charge in [0.15, 0.2) is 5.54 Å². The number of aliphatic imine (C=N–C) groups is 1. The van der Waals surface area contributed by atoms with Crippen molar-refractivity contribution < 1.29 is 27.5 Å². The minimum atomic E-state index is -4.37. The van der Waals surface area contributed by atoms with Crippen molar-refractivity contribution in [3.63, 3.8) is 0 Å². The number of carbonyl (C=O) groups is 2. The van der Waals surface area contributed by atoms with Gasteiger partial charge in [0.05, 0.1) is 11.5 Å². The van der Waals surface area contributed by atoms with Crippen LogP contribution in [0.3, 0.4) is 0 Å². The number of nitrogens with one attached hydrogen (secondary N) is 1. The van der Waals surface area contributed by atoms with E-state index in [9.17, 15) is 18.0 Å². The number of cyclic esters (lactones) is 1. The summed E-state index contributed by atoms with van der Waals surface area (Å²) in [7, 11) is -4.37. The average Bonchev–Trinajstić information content (AvgIpc) is 3.31. The zero-order valence-electron chi connectivity index (χ0n) is 22.2. The molecule has 0 amide bonds. The summed E-state index contributed by atoms with van der Waals surface area (Å²) in [6.45, 7) is 4.69. The molecule has 0 fully saturated rings. The molecule has 0 spiro atoms. The monoisotopic (exact) mass is 556 g/mol. The second-order valence-electron chi connectivity index (χ2n) is 9.67. The molecule has 8 nitrogen and oxygen atoms in total. The molecular formula is C31H28N2O6S. The molecule has 1 aliphatic rings. The van der Waals surface area contributed by atoms with Gasteiger partial charge in [0.25, 0.3) is 0 Å². The van der Waals surface area contributed by atoms with Crippen LogP contribution in [0.15, 0.2) is 107 Å². The molecule has 4 aromatic carbocycles. The summed E-state index contributed by atoms with van der Waals surface area (Å²) in [5.74, 6) is -1.93. The fourth-order valence-corrected chi connectivity index (χ4v) is 6.35. The van der Waals surface area contributed by atoms with E-state index in [-0.39, 0.29) is 17.4 Å². The normalized spacial score (nSPS) is 18.6. The number of sulfonamides is 1. The van der Waals surface area contributed by atoms with Crippen molar-refractivity contribution in [3.8, 4) is 0 Å². The van der Waals surface area contributed by atoms with Crippen LogP contribution in [0.2, 0.25) is 0 Å². The maximum atomic E-state index is 14.2. The Hall–Kier alpha value is -4.34. The Morgan fingerprint density at radius 2 is 1.60 bits per heavy atom. The average molecular weight is 557 g/mol. The molecule has 1 N–H and O–H groups in total. The van der Waals surface area contributed by atoms with Gasteiger partial charge in [0.1, 0.15) is 0 Å². The molecule has 9 heteroatoms. The molecule has 0 radical (unpaired) electrons. The number of ether oxygens (including phenoxy) is 2. The topological polar surface area (TPSA) is 111 Å². The second kappa shape index (κ2) is 10.3. The smallest absolute Gasteiger partial charge is 0.348 e. The Balaban J connectivity index is 1.83. The third-order valence-corrected chi connectivity index (χ3v) is 8.60. The third kappa shape index (κ3) is 4.47. The van der Waals surface area contributed by atoms with E-state index in [0.717, 1.165) is 10.9 Å². The number of rotatable bonds is 8. The van der Waals surface area contributed by atoms with E-state index < -0.39 is 33.0 Å². The van der Waals surface area contributed by atoms with Gasteiger partial charge in [-0.15, -0.1) is 0 Å². The molecule has 0 saturated heterocycles. The summed E-state index contributed by atoms with van der Waals surface area (Å²) in [4.78, 5) is 32.8. The summed E-state index contributed by atoms with van der Waals surface area (Å²) in [5, 5.41) is 1.37. The maximum Gasteiger partial charge on any atom is 0.348 e. The number of nitrogens with zero attached hydrogens (tertiary/aromatic N) is 1. The first-order valence-corrected chi connectivity index (χ1v) is 14.2. The Morgan fingerprint density at radius 3 is 2.30 bits per heavy atom. The number of benzene rings is 4. The highest BCUT2D eigenvalue weighted by Gasteiger charge is 2.66. The van der Waals surface area contributed by atoms with Crippen molar-refractivity contribution in [2.75, 3.05) is 6.61 Å². The molecule has 2 atom stereocenters. The highest BCUT2D eigenvalue weighted by molar-refractivity contribution is 7.89. The predicted molar refractivity (Wildman–Crippen MR) is 151 cm³/mol. The van der Waals surface area contributed by atoms with Crippen LogP contribution in [0.5, 0.6) is 0 Å². The van der Waals surface area contributed by atoms with Gasteiger partial charge >= 0.3 is 11.9 Å². The number of carbonyl (C=O) groups excluding carboxylic acids is 2. The van der Waals surface area contributed by atoms with Crippen LogP contribution in [-0.2, 0) is 34.6 Å². The lowest BCUT2D eigenvalue weighted by molar-refractivity contribution is -0.159. The van der Waals surface area contributed by atoms with E-state index >= 15 is 0 Å². The van der Waals surface area contributed by atoms with Gasteiger partial charge in [-0.25, -0.2) is 23.0 Å². The molecule has 0 aromatic heterocycles. The summed E-state index contributed by atoms with van der Waals surface area (Å²) >= 11 is 0. The van der Waals surface area contributed by atoms with Crippen LogP contribution >= 0.6 is 0 Å². The van der Waals surface area contributed by atoms with Gasteiger partial charge in [-0.3, -0.25) is 0 Å². The van der Waals surface area contributed by atoms with Crippen molar-refractivity contribution in [3.05, 3.63) is 114 Å².